The van der Waals surface area contributed by atoms with Crippen molar-refractivity contribution in [3.63, 3.8) is 0 Å². The predicted octanol–water partition coefficient (Wildman–Crippen LogP) is 2.05. The van der Waals surface area contributed by atoms with Gasteiger partial charge in [-0.25, -0.2) is 0 Å². The lowest BCUT2D eigenvalue weighted by Crippen LogP contribution is -2.36. The van der Waals surface area contributed by atoms with E-state index in [1.807, 2.05) is 32.0 Å². The molecule has 1 amide bonds. The van der Waals surface area contributed by atoms with Gasteiger partial charge in [0.25, 0.3) is 0 Å². The molecule has 5 heteroatoms. The first-order chi connectivity index (χ1) is 10.1. The molecule has 21 heavy (non-hydrogen) atoms. The number of benzene rings is 1. The lowest BCUT2D eigenvalue weighted by molar-refractivity contribution is -0.127. The molecule has 0 unspecified atom stereocenters. The molecule has 0 saturated carbocycles. The van der Waals surface area contributed by atoms with E-state index in [-0.39, 0.29) is 25.3 Å². The Hall–Kier alpha value is -2.01. The molecule has 0 aromatic heterocycles. The van der Waals surface area contributed by atoms with Crippen LogP contribution in [0, 0.1) is 0 Å². The summed E-state index contributed by atoms with van der Waals surface area (Å²) in [5, 5.41) is 8.89. The molecule has 0 aliphatic carbocycles. The number of rotatable bonds is 6. The van der Waals surface area contributed by atoms with E-state index in [0.717, 1.165) is 11.3 Å². The summed E-state index contributed by atoms with van der Waals surface area (Å²) in [7, 11) is 0. The number of ether oxygens (including phenoxy) is 2. The lowest BCUT2D eigenvalue weighted by atomic mass is 10.2. The summed E-state index contributed by atoms with van der Waals surface area (Å²) in [6, 6.07) is 5.66. The standard InChI is InChI=1S/C16H21NO4/c1-12(2)17(8-3-9-18)16(19)7-5-13-4-6-14-15(10-13)21-11-20-14/h4-7,10,12,18H,3,8-9,11H2,1-2H3/b7-5+. The average molecular weight is 291 g/mol. The van der Waals surface area contributed by atoms with Gasteiger partial charge in [-0.3, -0.25) is 4.79 Å². The Bertz CT molecular complexity index is 525. The Labute approximate surface area is 124 Å². The Kier molecular flexibility index (Phi) is 5.22. The Morgan fingerprint density at radius 2 is 2.14 bits per heavy atom. The minimum Gasteiger partial charge on any atom is -0.454 e. The maximum absolute atomic E-state index is 12.2. The fourth-order valence-electron chi connectivity index (χ4n) is 2.14. The maximum atomic E-state index is 12.2. The molecule has 0 radical (unpaired) electrons. The van der Waals surface area contributed by atoms with Crippen molar-refractivity contribution in [1.29, 1.82) is 0 Å². The minimum atomic E-state index is -0.0592. The first-order valence-corrected chi connectivity index (χ1v) is 7.11. The summed E-state index contributed by atoms with van der Waals surface area (Å²) < 4.78 is 10.6. The van der Waals surface area contributed by atoms with Crippen LogP contribution < -0.4 is 9.47 Å². The fourth-order valence-corrected chi connectivity index (χ4v) is 2.14. The normalized spacial score (nSPS) is 13.1. The van der Waals surface area contributed by atoms with Crippen LogP contribution in [0.5, 0.6) is 11.5 Å². The van der Waals surface area contributed by atoms with Crippen molar-refractivity contribution in [3.05, 3.63) is 29.8 Å². The number of aliphatic hydroxyl groups excluding tert-OH is 1. The molecule has 0 bridgehead atoms. The summed E-state index contributed by atoms with van der Waals surface area (Å²) in [5.41, 5.74) is 0.887. The van der Waals surface area contributed by atoms with E-state index in [0.29, 0.717) is 18.7 Å². The van der Waals surface area contributed by atoms with E-state index in [9.17, 15) is 4.79 Å². The second-order valence-corrected chi connectivity index (χ2v) is 5.15. The molecule has 0 spiro atoms. The highest BCUT2D eigenvalue weighted by Crippen LogP contribution is 2.32. The quantitative estimate of drug-likeness (QED) is 0.815. The number of nitrogens with zero attached hydrogens (tertiary/aromatic N) is 1. The molecule has 1 aromatic rings. The molecule has 1 heterocycles. The smallest absolute Gasteiger partial charge is 0.246 e. The van der Waals surface area contributed by atoms with Crippen molar-refractivity contribution in [3.8, 4) is 11.5 Å². The summed E-state index contributed by atoms with van der Waals surface area (Å²) in [4.78, 5) is 13.9. The molecule has 114 valence electrons. The van der Waals surface area contributed by atoms with Crippen LogP contribution in [0.1, 0.15) is 25.8 Å². The van der Waals surface area contributed by atoms with Gasteiger partial charge in [0.05, 0.1) is 0 Å². The molecule has 0 saturated heterocycles. The Balaban J connectivity index is 2.03. The van der Waals surface area contributed by atoms with E-state index in [4.69, 9.17) is 14.6 Å². The van der Waals surface area contributed by atoms with E-state index < -0.39 is 0 Å². The number of carbonyl (C=O) groups excluding carboxylic acids is 1. The molecule has 1 aromatic carbocycles. The number of fused-ring (bicyclic) bond motifs is 1. The third-order valence-electron chi connectivity index (χ3n) is 3.28. The lowest BCUT2D eigenvalue weighted by Gasteiger charge is -2.25. The highest BCUT2D eigenvalue weighted by atomic mass is 16.7. The van der Waals surface area contributed by atoms with Gasteiger partial charge in [-0.15, -0.1) is 0 Å². The summed E-state index contributed by atoms with van der Waals surface area (Å²) >= 11 is 0. The summed E-state index contributed by atoms with van der Waals surface area (Å²) in [6.45, 7) is 4.80. The molecule has 2 rings (SSSR count). The van der Waals surface area contributed by atoms with Gasteiger partial charge in [-0.2, -0.15) is 0 Å². The number of aliphatic hydroxyl groups is 1. The van der Waals surface area contributed by atoms with Crippen LogP contribution >= 0.6 is 0 Å². The molecular formula is C16H21NO4. The molecule has 0 fully saturated rings. The highest BCUT2D eigenvalue weighted by Gasteiger charge is 2.15. The van der Waals surface area contributed by atoms with E-state index in [1.54, 1.807) is 17.1 Å². The molecule has 0 atom stereocenters. The topological polar surface area (TPSA) is 59.0 Å². The summed E-state index contributed by atoms with van der Waals surface area (Å²) in [6.07, 6.45) is 3.90. The second kappa shape index (κ2) is 7.13. The number of amides is 1. The molecule has 1 aliphatic rings. The SMILES string of the molecule is CC(C)N(CCCO)C(=O)/C=C/c1ccc2c(c1)OCO2. The van der Waals surface area contributed by atoms with Gasteiger partial charge in [0.1, 0.15) is 0 Å². The van der Waals surface area contributed by atoms with Gasteiger partial charge < -0.3 is 19.5 Å². The van der Waals surface area contributed by atoms with E-state index >= 15 is 0 Å². The van der Waals surface area contributed by atoms with Gasteiger partial charge in [-0.1, -0.05) is 6.07 Å². The highest BCUT2D eigenvalue weighted by molar-refractivity contribution is 5.92. The van der Waals surface area contributed by atoms with Crippen LogP contribution in [0.15, 0.2) is 24.3 Å². The Morgan fingerprint density at radius 3 is 2.86 bits per heavy atom. The Morgan fingerprint density at radius 1 is 1.38 bits per heavy atom. The van der Waals surface area contributed by atoms with Crippen LogP contribution in [0.2, 0.25) is 0 Å². The zero-order valence-corrected chi connectivity index (χ0v) is 12.4. The van der Waals surface area contributed by atoms with Crippen molar-refractivity contribution in [2.45, 2.75) is 26.3 Å². The number of hydrogen-bond acceptors (Lipinski definition) is 4. The average Bonchev–Trinajstić information content (AvgIpc) is 2.92. The van der Waals surface area contributed by atoms with Gasteiger partial charge in [-0.05, 0) is 44.0 Å². The van der Waals surface area contributed by atoms with Crippen LogP contribution in [0.25, 0.3) is 6.08 Å². The van der Waals surface area contributed by atoms with Crippen molar-refractivity contribution in [2.75, 3.05) is 19.9 Å². The van der Waals surface area contributed by atoms with Crippen LogP contribution in [0.3, 0.4) is 0 Å². The number of hydrogen-bond donors (Lipinski definition) is 1. The van der Waals surface area contributed by atoms with Crippen molar-refractivity contribution < 1.29 is 19.4 Å². The van der Waals surface area contributed by atoms with Crippen molar-refractivity contribution in [1.82, 2.24) is 4.90 Å². The zero-order chi connectivity index (χ0) is 15.2. The summed E-state index contributed by atoms with van der Waals surface area (Å²) in [5.74, 6) is 1.37. The van der Waals surface area contributed by atoms with Crippen molar-refractivity contribution in [2.24, 2.45) is 0 Å². The minimum absolute atomic E-state index is 0.0592. The zero-order valence-electron chi connectivity index (χ0n) is 12.4. The van der Waals surface area contributed by atoms with Crippen LogP contribution in [-0.4, -0.2) is 41.9 Å². The van der Waals surface area contributed by atoms with Crippen LogP contribution in [0.4, 0.5) is 0 Å². The third-order valence-corrected chi connectivity index (χ3v) is 3.28. The molecule has 1 aliphatic heterocycles. The van der Waals surface area contributed by atoms with Gasteiger partial charge in [0.2, 0.25) is 12.7 Å². The number of carbonyl (C=O) groups is 1. The van der Waals surface area contributed by atoms with E-state index in [1.165, 1.54) is 0 Å². The van der Waals surface area contributed by atoms with Crippen molar-refractivity contribution >= 4 is 12.0 Å². The molecule has 5 nitrogen and oxygen atoms in total. The molecule has 1 N–H and O–H groups in total. The third kappa shape index (κ3) is 3.98. The predicted molar refractivity (Wildman–Crippen MR) is 80.2 cm³/mol. The first-order valence-electron chi connectivity index (χ1n) is 7.11. The van der Waals surface area contributed by atoms with Gasteiger partial charge in [0, 0.05) is 25.3 Å². The van der Waals surface area contributed by atoms with Gasteiger partial charge in [0.15, 0.2) is 11.5 Å². The largest absolute Gasteiger partial charge is 0.454 e. The maximum Gasteiger partial charge on any atom is 0.246 e. The van der Waals surface area contributed by atoms with E-state index in [2.05, 4.69) is 0 Å². The first kappa shape index (κ1) is 15.4. The van der Waals surface area contributed by atoms with Crippen LogP contribution in [-0.2, 0) is 4.79 Å². The fraction of sp³-hybridized carbons (Fsp3) is 0.438. The monoisotopic (exact) mass is 291 g/mol. The molecular weight excluding hydrogens is 270 g/mol. The van der Waals surface area contributed by atoms with Gasteiger partial charge >= 0.3 is 0 Å². The second-order valence-electron chi connectivity index (χ2n) is 5.15.